The van der Waals surface area contributed by atoms with Crippen molar-refractivity contribution in [2.24, 2.45) is 7.05 Å². The summed E-state index contributed by atoms with van der Waals surface area (Å²) in [5, 5.41) is 7.88. The summed E-state index contributed by atoms with van der Waals surface area (Å²) >= 11 is 0. The first kappa shape index (κ1) is 11.5. The Balaban J connectivity index is 2.17. The van der Waals surface area contributed by atoms with Crippen LogP contribution in [-0.2, 0) is 17.1 Å². The standard InChI is InChI=1S/C9H16N4O2S/c1-12-7-10-11-9(12)8-4-3-5-13(6-8)16(2,14)15/h7-8H,3-6H2,1-2H3. The van der Waals surface area contributed by atoms with Gasteiger partial charge in [0.25, 0.3) is 0 Å². The quantitative estimate of drug-likeness (QED) is 0.731. The summed E-state index contributed by atoms with van der Waals surface area (Å²) in [6, 6.07) is 0. The first-order valence-electron chi connectivity index (χ1n) is 5.27. The molecule has 0 N–H and O–H groups in total. The molecule has 1 aromatic rings. The van der Waals surface area contributed by atoms with Gasteiger partial charge in [0.15, 0.2) is 0 Å². The first-order chi connectivity index (χ1) is 7.48. The molecule has 1 aromatic heterocycles. The average Bonchev–Trinajstić information content (AvgIpc) is 2.63. The number of aryl methyl sites for hydroxylation is 1. The fraction of sp³-hybridized carbons (Fsp3) is 0.778. The normalized spacial score (nSPS) is 23.5. The number of hydrogen-bond donors (Lipinski definition) is 0. The van der Waals surface area contributed by atoms with E-state index in [1.54, 1.807) is 6.33 Å². The lowest BCUT2D eigenvalue weighted by Gasteiger charge is -2.30. The highest BCUT2D eigenvalue weighted by Gasteiger charge is 2.28. The van der Waals surface area contributed by atoms with Crippen LogP contribution in [0.3, 0.4) is 0 Å². The summed E-state index contributed by atoms with van der Waals surface area (Å²) in [6.45, 7) is 1.14. The zero-order chi connectivity index (χ0) is 11.8. The summed E-state index contributed by atoms with van der Waals surface area (Å²) in [6.07, 6.45) is 4.75. The van der Waals surface area contributed by atoms with Crippen LogP contribution >= 0.6 is 0 Å². The minimum absolute atomic E-state index is 0.163. The van der Waals surface area contributed by atoms with Crippen LogP contribution in [-0.4, -0.2) is 46.8 Å². The average molecular weight is 244 g/mol. The smallest absolute Gasteiger partial charge is 0.211 e. The van der Waals surface area contributed by atoms with Crippen molar-refractivity contribution in [3.05, 3.63) is 12.2 Å². The minimum Gasteiger partial charge on any atom is -0.320 e. The molecule has 0 radical (unpaired) electrons. The van der Waals surface area contributed by atoms with Gasteiger partial charge in [-0.25, -0.2) is 12.7 Å². The Labute approximate surface area is 95.3 Å². The number of sulfonamides is 1. The van der Waals surface area contributed by atoms with Crippen molar-refractivity contribution in [3.63, 3.8) is 0 Å². The second-order valence-electron chi connectivity index (χ2n) is 4.26. The molecular weight excluding hydrogens is 228 g/mol. The number of aromatic nitrogens is 3. The van der Waals surface area contributed by atoms with Gasteiger partial charge in [-0.05, 0) is 12.8 Å². The van der Waals surface area contributed by atoms with Crippen LogP contribution in [0.5, 0.6) is 0 Å². The van der Waals surface area contributed by atoms with E-state index in [0.717, 1.165) is 18.7 Å². The van der Waals surface area contributed by atoms with E-state index in [4.69, 9.17) is 0 Å². The number of hydrogen-bond acceptors (Lipinski definition) is 4. The van der Waals surface area contributed by atoms with Crippen molar-refractivity contribution >= 4 is 10.0 Å². The molecule has 2 heterocycles. The van der Waals surface area contributed by atoms with Gasteiger partial charge < -0.3 is 4.57 Å². The topological polar surface area (TPSA) is 68.1 Å². The Morgan fingerprint density at radius 3 is 2.81 bits per heavy atom. The molecule has 1 atom stereocenters. The van der Waals surface area contributed by atoms with E-state index in [1.165, 1.54) is 10.6 Å². The minimum atomic E-state index is -3.09. The lowest BCUT2D eigenvalue weighted by Crippen LogP contribution is -2.39. The second kappa shape index (κ2) is 4.14. The maximum atomic E-state index is 11.5. The molecule has 0 saturated carbocycles. The Morgan fingerprint density at radius 2 is 2.25 bits per heavy atom. The Morgan fingerprint density at radius 1 is 1.50 bits per heavy atom. The Hall–Kier alpha value is -0.950. The lowest BCUT2D eigenvalue weighted by atomic mass is 9.99. The fourth-order valence-corrected chi connectivity index (χ4v) is 3.03. The van der Waals surface area contributed by atoms with E-state index >= 15 is 0 Å². The molecule has 1 unspecified atom stereocenters. The number of piperidine rings is 1. The maximum Gasteiger partial charge on any atom is 0.211 e. The van der Waals surface area contributed by atoms with Crippen molar-refractivity contribution in [2.75, 3.05) is 19.3 Å². The van der Waals surface area contributed by atoms with Gasteiger partial charge in [0.05, 0.1) is 6.26 Å². The molecule has 0 spiro atoms. The van der Waals surface area contributed by atoms with E-state index in [-0.39, 0.29) is 5.92 Å². The molecule has 0 amide bonds. The van der Waals surface area contributed by atoms with Crippen LogP contribution in [0, 0.1) is 0 Å². The molecule has 1 aliphatic rings. The van der Waals surface area contributed by atoms with Gasteiger partial charge in [-0.15, -0.1) is 10.2 Å². The van der Waals surface area contributed by atoms with Gasteiger partial charge in [-0.1, -0.05) is 0 Å². The summed E-state index contributed by atoms with van der Waals surface area (Å²) < 4.78 is 26.3. The van der Waals surface area contributed by atoms with Crippen molar-refractivity contribution < 1.29 is 8.42 Å². The molecule has 2 rings (SSSR count). The van der Waals surface area contributed by atoms with Crippen molar-refractivity contribution in [2.45, 2.75) is 18.8 Å². The third kappa shape index (κ3) is 2.25. The first-order valence-corrected chi connectivity index (χ1v) is 7.12. The molecule has 7 heteroatoms. The van der Waals surface area contributed by atoms with Crippen LogP contribution in [0.1, 0.15) is 24.6 Å². The van der Waals surface area contributed by atoms with Crippen LogP contribution in [0.2, 0.25) is 0 Å². The molecule has 6 nitrogen and oxygen atoms in total. The Bertz CT molecular complexity index is 468. The van der Waals surface area contributed by atoms with Crippen LogP contribution in [0.15, 0.2) is 6.33 Å². The Kier molecular flexibility index (Phi) is 2.98. The van der Waals surface area contributed by atoms with Crippen LogP contribution in [0.4, 0.5) is 0 Å². The van der Waals surface area contributed by atoms with E-state index in [1.807, 2.05) is 11.6 Å². The zero-order valence-electron chi connectivity index (χ0n) is 9.50. The lowest BCUT2D eigenvalue weighted by molar-refractivity contribution is 0.308. The number of rotatable bonds is 2. The number of nitrogens with zero attached hydrogens (tertiary/aromatic N) is 4. The SMILES string of the molecule is Cn1cnnc1C1CCCN(S(C)(=O)=O)C1. The van der Waals surface area contributed by atoms with Crippen LogP contribution < -0.4 is 0 Å². The van der Waals surface area contributed by atoms with Gasteiger partial charge in [-0.2, -0.15) is 0 Å². The molecule has 16 heavy (non-hydrogen) atoms. The van der Waals surface area contributed by atoms with E-state index in [9.17, 15) is 8.42 Å². The third-order valence-corrected chi connectivity index (χ3v) is 4.23. The van der Waals surface area contributed by atoms with Crippen molar-refractivity contribution in [1.82, 2.24) is 19.1 Å². The summed E-state index contributed by atoms with van der Waals surface area (Å²) in [4.78, 5) is 0. The van der Waals surface area contributed by atoms with Crippen molar-refractivity contribution in [3.8, 4) is 0 Å². The fourth-order valence-electron chi connectivity index (χ4n) is 2.12. The molecule has 1 fully saturated rings. The maximum absolute atomic E-state index is 11.5. The third-order valence-electron chi connectivity index (χ3n) is 2.96. The molecule has 1 aliphatic heterocycles. The summed E-state index contributed by atoms with van der Waals surface area (Å²) in [5.74, 6) is 1.03. The van der Waals surface area contributed by atoms with Gasteiger partial charge >= 0.3 is 0 Å². The predicted octanol–water partition coefficient (Wildman–Crippen LogP) is -0.0459. The summed E-state index contributed by atoms with van der Waals surface area (Å²) in [5.41, 5.74) is 0. The largest absolute Gasteiger partial charge is 0.320 e. The second-order valence-corrected chi connectivity index (χ2v) is 6.24. The van der Waals surface area contributed by atoms with Crippen molar-refractivity contribution in [1.29, 1.82) is 0 Å². The predicted molar refractivity (Wildman–Crippen MR) is 59.4 cm³/mol. The molecule has 0 aromatic carbocycles. The molecule has 90 valence electrons. The highest BCUT2D eigenvalue weighted by atomic mass is 32.2. The molecule has 1 saturated heterocycles. The van der Waals surface area contributed by atoms with E-state index in [0.29, 0.717) is 13.1 Å². The highest BCUT2D eigenvalue weighted by Crippen LogP contribution is 2.26. The van der Waals surface area contributed by atoms with Crippen LogP contribution in [0.25, 0.3) is 0 Å². The van der Waals surface area contributed by atoms with E-state index in [2.05, 4.69) is 10.2 Å². The van der Waals surface area contributed by atoms with Gasteiger partial charge in [0, 0.05) is 26.1 Å². The monoisotopic (exact) mass is 244 g/mol. The molecular formula is C9H16N4O2S. The van der Waals surface area contributed by atoms with Gasteiger partial charge in [-0.3, -0.25) is 0 Å². The van der Waals surface area contributed by atoms with Gasteiger partial charge in [0.1, 0.15) is 12.2 Å². The van der Waals surface area contributed by atoms with Gasteiger partial charge in [0.2, 0.25) is 10.0 Å². The zero-order valence-corrected chi connectivity index (χ0v) is 10.3. The highest BCUT2D eigenvalue weighted by molar-refractivity contribution is 7.88. The molecule has 0 bridgehead atoms. The van der Waals surface area contributed by atoms with E-state index < -0.39 is 10.0 Å². The molecule has 0 aliphatic carbocycles. The summed E-state index contributed by atoms with van der Waals surface area (Å²) in [7, 11) is -1.20.